The van der Waals surface area contributed by atoms with Crippen LogP contribution in [0.25, 0.3) is 0 Å². The zero-order valence-corrected chi connectivity index (χ0v) is 18.0. The Morgan fingerprint density at radius 3 is 2.53 bits per heavy atom. The third-order valence-corrected chi connectivity index (χ3v) is 5.09. The highest BCUT2D eigenvalue weighted by atomic mass is 32.2. The van der Waals surface area contributed by atoms with E-state index in [4.69, 9.17) is 5.14 Å². The molecule has 0 saturated carbocycles. The fraction of sp³-hybridized carbons (Fsp3) is 0.400. The fourth-order valence-corrected chi connectivity index (χ4v) is 3.36. The van der Waals surface area contributed by atoms with Crippen LogP contribution in [-0.4, -0.2) is 48.7 Å². The summed E-state index contributed by atoms with van der Waals surface area (Å²) < 4.78 is 66.3. The van der Waals surface area contributed by atoms with E-state index in [1.54, 1.807) is 12.1 Å². The maximum absolute atomic E-state index is 12.5. The number of nitrogens with zero attached hydrogens (tertiary/aromatic N) is 2. The SMILES string of the molecule is COc1cccc(F)c1F.NSc1cc(NC(=O)C2CCN(CC(F)(F)F)CC2)ccn1. The molecule has 12 heteroatoms. The Bertz CT molecular complexity index is 893. The number of aromatic nitrogens is 1. The molecule has 176 valence electrons. The van der Waals surface area contributed by atoms with Gasteiger partial charge in [0.25, 0.3) is 0 Å². The van der Waals surface area contributed by atoms with Crippen LogP contribution in [0.3, 0.4) is 0 Å². The van der Waals surface area contributed by atoms with Crippen molar-refractivity contribution >= 4 is 23.5 Å². The number of alkyl halides is 3. The fourth-order valence-electron chi connectivity index (χ4n) is 3.04. The Morgan fingerprint density at radius 2 is 1.97 bits per heavy atom. The van der Waals surface area contributed by atoms with E-state index in [-0.39, 0.29) is 30.7 Å². The second-order valence-corrected chi connectivity index (χ2v) is 7.57. The van der Waals surface area contributed by atoms with Crippen molar-refractivity contribution in [1.82, 2.24) is 9.88 Å². The van der Waals surface area contributed by atoms with E-state index in [0.29, 0.717) is 23.6 Å². The van der Waals surface area contributed by atoms with E-state index in [1.165, 1.54) is 30.3 Å². The van der Waals surface area contributed by atoms with Gasteiger partial charge in [-0.1, -0.05) is 6.07 Å². The summed E-state index contributed by atoms with van der Waals surface area (Å²) in [6.45, 7) is -0.363. The van der Waals surface area contributed by atoms with Gasteiger partial charge in [-0.05, 0) is 62.1 Å². The lowest BCUT2D eigenvalue weighted by Crippen LogP contribution is -2.42. The van der Waals surface area contributed by atoms with Crippen LogP contribution in [0, 0.1) is 17.6 Å². The molecule has 1 aromatic heterocycles. The minimum atomic E-state index is -4.19. The summed E-state index contributed by atoms with van der Waals surface area (Å²) in [6.07, 6.45) is -1.81. The highest BCUT2D eigenvalue weighted by Crippen LogP contribution is 2.24. The lowest BCUT2D eigenvalue weighted by molar-refractivity contribution is -0.149. The number of anilines is 1. The number of nitrogens with one attached hydrogen (secondary N) is 1. The zero-order valence-electron chi connectivity index (χ0n) is 17.2. The molecule has 0 spiro atoms. The molecule has 2 aromatic rings. The molecule has 3 N–H and O–H groups in total. The molecular weight excluding hydrogens is 455 g/mol. The van der Waals surface area contributed by atoms with Gasteiger partial charge in [0.15, 0.2) is 11.6 Å². The van der Waals surface area contributed by atoms with Gasteiger partial charge in [0, 0.05) is 17.8 Å². The molecular formula is C20H23F5N4O2S. The summed E-state index contributed by atoms with van der Waals surface area (Å²) in [6, 6.07) is 7.09. The molecule has 1 aliphatic heterocycles. The van der Waals surface area contributed by atoms with E-state index >= 15 is 0 Å². The molecule has 0 bridgehead atoms. The van der Waals surface area contributed by atoms with Crippen molar-refractivity contribution in [3.05, 3.63) is 48.2 Å². The number of methoxy groups -OCH3 is 1. The van der Waals surface area contributed by atoms with E-state index in [2.05, 4.69) is 15.0 Å². The number of piperidine rings is 1. The first kappa shape index (κ1) is 25.8. The van der Waals surface area contributed by atoms with Gasteiger partial charge >= 0.3 is 6.18 Å². The van der Waals surface area contributed by atoms with Crippen LogP contribution in [-0.2, 0) is 4.79 Å². The number of ether oxygens (including phenoxy) is 1. The number of halogens is 5. The molecule has 0 atom stereocenters. The molecule has 0 unspecified atom stereocenters. The second-order valence-electron chi connectivity index (χ2n) is 6.91. The Morgan fingerprint density at radius 1 is 1.28 bits per heavy atom. The van der Waals surface area contributed by atoms with E-state index in [0.717, 1.165) is 18.0 Å². The first-order chi connectivity index (χ1) is 15.1. The van der Waals surface area contributed by atoms with Gasteiger partial charge in [-0.15, -0.1) is 0 Å². The number of hydrogen-bond donors (Lipinski definition) is 2. The van der Waals surface area contributed by atoms with Gasteiger partial charge in [-0.3, -0.25) is 14.8 Å². The number of amides is 1. The van der Waals surface area contributed by atoms with Crippen LogP contribution in [0.2, 0.25) is 0 Å². The number of benzene rings is 1. The van der Waals surface area contributed by atoms with Crippen LogP contribution < -0.4 is 15.2 Å². The van der Waals surface area contributed by atoms with Gasteiger partial charge in [-0.25, -0.2) is 9.37 Å². The van der Waals surface area contributed by atoms with Gasteiger partial charge in [0.2, 0.25) is 11.7 Å². The summed E-state index contributed by atoms with van der Waals surface area (Å²) in [5.41, 5.74) is 0.589. The average molecular weight is 478 g/mol. The van der Waals surface area contributed by atoms with Crippen molar-refractivity contribution in [3.63, 3.8) is 0 Å². The standard InChI is InChI=1S/C13H17F3N4OS.C7H6F2O/c14-13(15,16)8-20-5-2-9(3-6-20)12(21)19-10-1-4-18-11(7-10)22-17;1-10-6-4-2-3-5(8)7(6)9/h1,4,7,9H,2-3,5-6,8,17H2,(H,18,19,21);2-4H,1H3. The zero-order chi connectivity index (χ0) is 23.7. The normalized spacial score (nSPS) is 15.0. The number of nitrogens with two attached hydrogens (primary N) is 1. The second kappa shape index (κ2) is 12.0. The summed E-state index contributed by atoms with van der Waals surface area (Å²) in [4.78, 5) is 17.5. The van der Waals surface area contributed by atoms with Crippen molar-refractivity contribution in [2.45, 2.75) is 24.0 Å². The van der Waals surface area contributed by atoms with Crippen LogP contribution in [0.4, 0.5) is 27.6 Å². The van der Waals surface area contributed by atoms with Crippen molar-refractivity contribution in [3.8, 4) is 5.75 Å². The Kier molecular flexibility index (Phi) is 9.66. The maximum Gasteiger partial charge on any atom is 0.401 e. The minimum Gasteiger partial charge on any atom is -0.494 e. The van der Waals surface area contributed by atoms with Crippen LogP contribution in [0.5, 0.6) is 5.75 Å². The van der Waals surface area contributed by atoms with Gasteiger partial charge in [0.05, 0.1) is 13.7 Å². The first-order valence-corrected chi connectivity index (χ1v) is 10.4. The number of likely N-dealkylation sites (tertiary alicyclic amines) is 1. The molecule has 3 rings (SSSR count). The monoisotopic (exact) mass is 478 g/mol. The first-order valence-electron chi connectivity index (χ1n) is 9.53. The molecule has 1 aromatic carbocycles. The van der Waals surface area contributed by atoms with E-state index in [9.17, 15) is 26.7 Å². The molecule has 32 heavy (non-hydrogen) atoms. The lowest BCUT2D eigenvalue weighted by Gasteiger charge is -2.31. The summed E-state index contributed by atoms with van der Waals surface area (Å²) >= 11 is 0.976. The van der Waals surface area contributed by atoms with Crippen molar-refractivity contribution in [2.24, 2.45) is 11.1 Å². The maximum atomic E-state index is 12.5. The highest BCUT2D eigenvalue weighted by Gasteiger charge is 2.33. The summed E-state index contributed by atoms with van der Waals surface area (Å²) in [7, 11) is 1.29. The molecule has 1 amide bonds. The number of hydrogen-bond acceptors (Lipinski definition) is 6. The van der Waals surface area contributed by atoms with Crippen LogP contribution in [0.1, 0.15) is 12.8 Å². The van der Waals surface area contributed by atoms with Crippen LogP contribution in [0.15, 0.2) is 41.6 Å². The van der Waals surface area contributed by atoms with Crippen molar-refractivity contribution < 1.29 is 31.5 Å². The third-order valence-electron chi connectivity index (χ3n) is 4.62. The summed E-state index contributed by atoms with van der Waals surface area (Å²) in [5, 5.41) is 8.74. The number of carbonyl (C=O) groups is 1. The molecule has 0 radical (unpaired) electrons. The molecule has 0 aliphatic carbocycles. The summed E-state index contributed by atoms with van der Waals surface area (Å²) in [5.74, 6) is -2.35. The van der Waals surface area contributed by atoms with E-state index in [1.807, 2.05) is 0 Å². The largest absolute Gasteiger partial charge is 0.494 e. The number of rotatable bonds is 5. The smallest absolute Gasteiger partial charge is 0.401 e. The lowest BCUT2D eigenvalue weighted by atomic mass is 9.96. The predicted octanol–water partition coefficient (Wildman–Crippen LogP) is 4.23. The Hall–Kier alpha value is -2.44. The highest BCUT2D eigenvalue weighted by molar-refractivity contribution is 7.97. The Balaban J connectivity index is 0.000000303. The van der Waals surface area contributed by atoms with Crippen LogP contribution >= 0.6 is 11.9 Å². The predicted molar refractivity (Wildman–Crippen MR) is 111 cm³/mol. The van der Waals surface area contributed by atoms with Crippen molar-refractivity contribution in [1.29, 1.82) is 0 Å². The average Bonchev–Trinajstić information content (AvgIpc) is 2.75. The van der Waals surface area contributed by atoms with E-state index < -0.39 is 24.4 Å². The molecule has 6 nitrogen and oxygen atoms in total. The van der Waals surface area contributed by atoms with Gasteiger partial charge in [-0.2, -0.15) is 17.6 Å². The molecule has 1 aliphatic rings. The molecule has 1 fully saturated rings. The third kappa shape index (κ3) is 8.24. The van der Waals surface area contributed by atoms with Crippen molar-refractivity contribution in [2.75, 3.05) is 32.1 Å². The minimum absolute atomic E-state index is 0.0694. The molecule has 1 saturated heterocycles. The number of carbonyl (C=O) groups excluding carboxylic acids is 1. The van der Waals surface area contributed by atoms with Gasteiger partial charge in [0.1, 0.15) is 5.03 Å². The topological polar surface area (TPSA) is 80.5 Å². The van der Waals surface area contributed by atoms with Gasteiger partial charge < -0.3 is 10.1 Å². The molecule has 2 heterocycles. The number of pyridine rings is 1. The Labute approximate surface area is 186 Å². The quantitative estimate of drug-likeness (QED) is 0.495.